The minimum absolute atomic E-state index is 0.499. The van der Waals surface area contributed by atoms with Crippen LogP contribution in [0.15, 0.2) is 18.6 Å². The molecule has 0 saturated carbocycles. The summed E-state index contributed by atoms with van der Waals surface area (Å²) in [6.07, 6.45) is 16.3. The van der Waals surface area contributed by atoms with E-state index in [9.17, 15) is 0 Å². The average molecular weight is 568 g/mol. The Balaban J connectivity index is 2.04. The van der Waals surface area contributed by atoms with Crippen molar-refractivity contribution in [2.45, 2.75) is 119 Å². The fourth-order valence-electron chi connectivity index (χ4n) is 4.97. The Hall–Kier alpha value is -3.75. The van der Waals surface area contributed by atoms with Gasteiger partial charge in [0.05, 0.1) is 34.2 Å². The Morgan fingerprint density at radius 3 is 0.857 bits per heavy atom. The van der Waals surface area contributed by atoms with Crippen LogP contribution < -0.4 is 0 Å². The van der Waals surface area contributed by atoms with E-state index in [1.165, 1.54) is 0 Å². The van der Waals surface area contributed by atoms with Crippen LogP contribution in [0.2, 0.25) is 0 Å². The van der Waals surface area contributed by atoms with E-state index in [4.69, 9.17) is 44.9 Å². The monoisotopic (exact) mass is 567 g/mol. The molecule has 4 aromatic heterocycles. The van der Waals surface area contributed by atoms with Crippen LogP contribution in [-0.4, -0.2) is 44.9 Å². The summed E-state index contributed by atoms with van der Waals surface area (Å²) in [5.41, 5.74) is 7.58. The van der Waals surface area contributed by atoms with Crippen molar-refractivity contribution in [3.05, 3.63) is 52.8 Å². The fraction of sp³-hybridized carbons (Fsp3) is 0.545. The van der Waals surface area contributed by atoms with Gasteiger partial charge in [0.2, 0.25) is 0 Å². The van der Waals surface area contributed by atoms with E-state index >= 15 is 0 Å². The third-order valence-electron chi connectivity index (χ3n) is 6.94. The normalized spacial score (nSPS) is 11.3. The molecule has 4 aromatic rings. The minimum Gasteiger partial charge on any atom is -0.257 e. The van der Waals surface area contributed by atoms with E-state index < -0.39 is 0 Å². The SMILES string of the molecule is CCCc1cnc(CCC)c(-c2nc(-c3nc(CCC)cnc3CCC)nc(-c3nc(CCC)cnc3CCC)n2)n1. The molecule has 4 heterocycles. The number of aromatic nitrogens is 9. The first-order valence-electron chi connectivity index (χ1n) is 15.9. The van der Waals surface area contributed by atoms with Gasteiger partial charge in [0, 0.05) is 18.6 Å². The molecule has 42 heavy (non-hydrogen) atoms. The van der Waals surface area contributed by atoms with Crippen molar-refractivity contribution in [2.24, 2.45) is 0 Å². The first-order chi connectivity index (χ1) is 20.5. The van der Waals surface area contributed by atoms with E-state index in [1.54, 1.807) is 0 Å². The second-order valence-corrected chi connectivity index (χ2v) is 10.8. The summed E-state index contributed by atoms with van der Waals surface area (Å²) in [6.45, 7) is 12.9. The topological polar surface area (TPSA) is 116 Å². The van der Waals surface area contributed by atoms with Gasteiger partial charge >= 0.3 is 0 Å². The lowest BCUT2D eigenvalue weighted by Crippen LogP contribution is -2.11. The lowest BCUT2D eigenvalue weighted by Gasteiger charge is -2.14. The van der Waals surface area contributed by atoms with Crippen LogP contribution >= 0.6 is 0 Å². The molecule has 0 saturated heterocycles. The molecule has 0 fully saturated rings. The summed E-state index contributed by atoms with van der Waals surface area (Å²) in [6, 6.07) is 0. The number of hydrogen-bond donors (Lipinski definition) is 0. The molecule has 0 aliphatic heterocycles. The molecular weight excluding hydrogens is 522 g/mol. The van der Waals surface area contributed by atoms with Crippen molar-refractivity contribution < 1.29 is 0 Å². The van der Waals surface area contributed by atoms with Crippen molar-refractivity contribution in [3.8, 4) is 34.6 Å². The molecule has 0 aliphatic rings. The Bertz CT molecular complexity index is 1280. The maximum atomic E-state index is 5.05. The molecule has 9 heteroatoms. The molecule has 4 rings (SSSR count). The Morgan fingerprint density at radius 2 is 0.619 bits per heavy atom. The maximum absolute atomic E-state index is 5.05. The zero-order valence-corrected chi connectivity index (χ0v) is 26.2. The maximum Gasteiger partial charge on any atom is 0.184 e. The summed E-state index contributed by atoms with van der Waals surface area (Å²) < 4.78 is 0. The van der Waals surface area contributed by atoms with Gasteiger partial charge in [-0.2, -0.15) is 0 Å². The van der Waals surface area contributed by atoms with Gasteiger partial charge in [-0.3, -0.25) is 15.0 Å². The van der Waals surface area contributed by atoms with Gasteiger partial charge in [-0.05, 0) is 38.5 Å². The second-order valence-electron chi connectivity index (χ2n) is 10.8. The molecule has 0 radical (unpaired) electrons. The highest BCUT2D eigenvalue weighted by Crippen LogP contribution is 2.28. The molecule has 0 N–H and O–H groups in total. The summed E-state index contributed by atoms with van der Waals surface area (Å²) in [7, 11) is 0. The molecule has 0 aromatic carbocycles. The molecule has 0 aliphatic carbocycles. The van der Waals surface area contributed by atoms with Gasteiger partial charge < -0.3 is 0 Å². The van der Waals surface area contributed by atoms with Crippen LogP contribution in [0.3, 0.4) is 0 Å². The Morgan fingerprint density at radius 1 is 0.357 bits per heavy atom. The van der Waals surface area contributed by atoms with Crippen LogP contribution in [0.25, 0.3) is 34.6 Å². The lowest BCUT2D eigenvalue weighted by atomic mass is 10.1. The first kappa shape index (κ1) is 31.2. The summed E-state index contributed by atoms with van der Waals surface area (Å²) >= 11 is 0. The predicted molar refractivity (Wildman–Crippen MR) is 167 cm³/mol. The zero-order chi connectivity index (χ0) is 29.9. The third-order valence-corrected chi connectivity index (χ3v) is 6.94. The van der Waals surface area contributed by atoms with Crippen molar-refractivity contribution in [3.63, 3.8) is 0 Å². The van der Waals surface area contributed by atoms with Gasteiger partial charge in [0.15, 0.2) is 17.5 Å². The molecule has 0 unspecified atom stereocenters. The highest BCUT2D eigenvalue weighted by atomic mass is 15.1. The fourth-order valence-corrected chi connectivity index (χ4v) is 4.97. The molecular formula is C33H45N9. The smallest absolute Gasteiger partial charge is 0.184 e. The second kappa shape index (κ2) is 15.5. The molecule has 0 bridgehead atoms. The van der Waals surface area contributed by atoms with Gasteiger partial charge in [-0.15, -0.1) is 0 Å². The van der Waals surface area contributed by atoms with Crippen LogP contribution in [0, 0.1) is 0 Å². The minimum atomic E-state index is 0.499. The zero-order valence-electron chi connectivity index (χ0n) is 26.2. The number of nitrogens with zero attached hydrogens (tertiary/aromatic N) is 9. The van der Waals surface area contributed by atoms with E-state index in [0.29, 0.717) is 34.6 Å². The standard InChI is InChI=1S/C33H45N9/c1-7-13-22-19-34-25(16-10-4)28(37-22)31-40-32(29-26(17-11-5)35-20-23(38-29)14-8-2)42-33(41-31)30-27(18-12-6)36-21-24(39-30)15-9-3/h19-21H,7-18H2,1-6H3. The average Bonchev–Trinajstić information content (AvgIpc) is 3.00. The quantitative estimate of drug-likeness (QED) is 0.150. The van der Waals surface area contributed by atoms with E-state index in [2.05, 4.69) is 41.5 Å². The number of rotatable bonds is 15. The van der Waals surface area contributed by atoms with Crippen LogP contribution in [0.5, 0.6) is 0 Å². The van der Waals surface area contributed by atoms with Gasteiger partial charge in [-0.25, -0.2) is 29.9 Å². The Kier molecular flexibility index (Phi) is 11.5. The summed E-state index contributed by atoms with van der Waals surface area (Å²) in [5, 5.41) is 0. The van der Waals surface area contributed by atoms with Crippen molar-refractivity contribution in [2.75, 3.05) is 0 Å². The molecule has 9 nitrogen and oxygen atoms in total. The van der Waals surface area contributed by atoms with Gasteiger partial charge in [0.25, 0.3) is 0 Å². The molecule has 0 amide bonds. The molecule has 222 valence electrons. The predicted octanol–water partition coefficient (Wildman–Crippen LogP) is 6.96. The van der Waals surface area contributed by atoms with Crippen LogP contribution in [-0.2, 0) is 38.5 Å². The third kappa shape index (κ3) is 7.55. The summed E-state index contributed by atoms with van der Waals surface area (Å²) in [4.78, 5) is 44.7. The number of hydrogen-bond acceptors (Lipinski definition) is 9. The van der Waals surface area contributed by atoms with Crippen LogP contribution in [0.4, 0.5) is 0 Å². The highest BCUT2D eigenvalue weighted by molar-refractivity contribution is 5.65. The largest absolute Gasteiger partial charge is 0.257 e. The van der Waals surface area contributed by atoms with E-state index in [-0.39, 0.29) is 0 Å². The van der Waals surface area contributed by atoms with Crippen LogP contribution in [0.1, 0.15) is 114 Å². The van der Waals surface area contributed by atoms with Crippen molar-refractivity contribution >= 4 is 0 Å². The van der Waals surface area contributed by atoms with Crippen molar-refractivity contribution in [1.29, 1.82) is 0 Å². The summed E-state index contributed by atoms with van der Waals surface area (Å²) in [5.74, 6) is 1.50. The van der Waals surface area contributed by atoms with Gasteiger partial charge in [0.1, 0.15) is 17.1 Å². The van der Waals surface area contributed by atoms with Gasteiger partial charge in [-0.1, -0.05) is 80.1 Å². The van der Waals surface area contributed by atoms with Crippen molar-refractivity contribution in [1.82, 2.24) is 44.9 Å². The van der Waals surface area contributed by atoms with E-state index in [0.717, 1.165) is 111 Å². The first-order valence-corrected chi connectivity index (χ1v) is 15.9. The highest BCUT2D eigenvalue weighted by Gasteiger charge is 2.22. The van der Waals surface area contributed by atoms with E-state index in [1.807, 2.05) is 18.6 Å². The lowest BCUT2D eigenvalue weighted by molar-refractivity contribution is 0.817. The molecule has 0 atom stereocenters. The number of aryl methyl sites for hydroxylation is 6. The molecule has 0 spiro atoms. The Labute approximate surface area is 250 Å².